The van der Waals surface area contributed by atoms with Gasteiger partial charge in [-0.3, -0.25) is 4.79 Å². The maximum Gasteiger partial charge on any atom is 0.200 e. The Labute approximate surface area is 150 Å². The minimum absolute atomic E-state index is 0.0928. The second kappa shape index (κ2) is 6.96. The van der Waals surface area contributed by atoms with Crippen LogP contribution < -0.4 is 10.2 Å². The minimum atomic E-state index is -0.228. The third-order valence-corrected chi connectivity index (χ3v) is 4.18. The Balaban J connectivity index is 2.23. The molecule has 2 N–H and O–H groups in total. The maximum absolute atomic E-state index is 13.0. The van der Waals surface area contributed by atoms with Gasteiger partial charge >= 0.3 is 0 Å². The Bertz CT molecular complexity index is 1060. The fourth-order valence-corrected chi connectivity index (χ4v) is 2.82. The van der Waals surface area contributed by atoms with Crippen LogP contribution in [0.5, 0.6) is 17.2 Å². The monoisotopic (exact) mass is 352 g/mol. The summed E-state index contributed by atoms with van der Waals surface area (Å²) in [7, 11) is 1.42. The lowest BCUT2D eigenvalue weighted by molar-refractivity contribution is 0.373. The van der Waals surface area contributed by atoms with Gasteiger partial charge in [-0.15, -0.1) is 0 Å². The first-order valence-electron chi connectivity index (χ1n) is 8.19. The van der Waals surface area contributed by atoms with E-state index in [0.29, 0.717) is 22.9 Å². The van der Waals surface area contributed by atoms with E-state index in [2.05, 4.69) is 0 Å². The van der Waals surface area contributed by atoms with Crippen LogP contribution in [0.4, 0.5) is 0 Å². The fourth-order valence-electron chi connectivity index (χ4n) is 2.82. The van der Waals surface area contributed by atoms with Crippen LogP contribution in [0.15, 0.2) is 57.5 Å². The van der Waals surface area contributed by atoms with Crippen LogP contribution in [-0.4, -0.2) is 17.3 Å². The molecule has 0 aliphatic heterocycles. The number of phenols is 2. The number of phenolic OH excluding ortho intramolecular Hbond substituents is 2. The van der Waals surface area contributed by atoms with Gasteiger partial charge in [0.05, 0.1) is 18.1 Å². The van der Waals surface area contributed by atoms with Gasteiger partial charge in [0.2, 0.25) is 5.43 Å². The largest absolute Gasteiger partial charge is 0.508 e. The van der Waals surface area contributed by atoms with E-state index in [1.54, 1.807) is 18.2 Å². The topological polar surface area (TPSA) is 79.9 Å². The number of hydrogen-bond acceptors (Lipinski definition) is 5. The molecule has 5 nitrogen and oxygen atoms in total. The Kier molecular flexibility index (Phi) is 4.71. The molecular formula is C21H20O5. The Morgan fingerprint density at radius 2 is 1.92 bits per heavy atom. The van der Waals surface area contributed by atoms with E-state index < -0.39 is 0 Å². The van der Waals surface area contributed by atoms with Crippen LogP contribution in [0.3, 0.4) is 0 Å². The molecule has 0 fully saturated rings. The Hall–Kier alpha value is -3.21. The second-order valence-electron chi connectivity index (χ2n) is 6.33. The average molecular weight is 352 g/mol. The van der Waals surface area contributed by atoms with Crippen molar-refractivity contribution in [3.63, 3.8) is 0 Å². The Morgan fingerprint density at radius 3 is 2.62 bits per heavy atom. The third kappa shape index (κ3) is 3.28. The lowest BCUT2D eigenvalue weighted by atomic mass is 9.97. The quantitative estimate of drug-likeness (QED) is 0.681. The van der Waals surface area contributed by atoms with E-state index in [1.807, 2.05) is 19.9 Å². The van der Waals surface area contributed by atoms with Gasteiger partial charge < -0.3 is 19.4 Å². The van der Waals surface area contributed by atoms with Gasteiger partial charge in [0, 0.05) is 6.07 Å². The van der Waals surface area contributed by atoms with Crippen molar-refractivity contribution >= 4 is 11.0 Å². The summed E-state index contributed by atoms with van der Waals surface area (Å²) in [5.74, 6) is 0.255. The molecule has 1 heterocycles. The van der Waals surface area contributed by atoms with Crippen LogP contribution in [0.1, 0.15) is 19.4 Å². The van der Waals surface area contributed by atoms with Crippen molar-refractivity contribution in [2.45, 2.75) is 20.3 Å². The molecule has 0 amide bonds. The molecule has 3 aromatic rings. The molecule has 0 aliphatic rings. The molecule has 5 heteroatoms. The first-order chi connectivity index (χ1) is 12.4. The number of benzene rings is 2. The first-order valence-corrected chi connectivity index (χ1v) is 8.19. The standard InChI is InChI=1S/C21H20O5/c1-12(2)4-5-13-8-14(22)6-7-15(13)17-11-26-19-10-18(23)20(25-3)9-16(19)21(17)24/h4,6-11,22-23H,5H2,1-3H3. The zero-order valence-corrected chi connectivity index (χ0v) is 14.9. The van der Waals surface area contributed by atoms with Crippen molar-refractivity contribution in [2.24, 2.45) is 0 Å². The van der Waals surface area contributed by atoms with Crippen molar-refractivity contribution in [1.29, 1.82) is 0 Å². The first kappa shape index (κ1) is 17.6. The van der Waals surface area contributed by atoms with E-state index >= 15 is 0 Å². The fraction of sp³-hybridized carbons (Fsp3) is 0.190. The lowest BCUT2D eigenvalue weighted by Gasteiger charge is -2.10. The summed E-state index contributed by atoms with van der Waals surface area (Å²) in [4.78, 5) is 13.0. The van der Waals surface area contributed by atoms with Gasteiger partial charge in [0.25, 0.3) is 0 Å². The molecule has 0 saturated heterocycles. The zero-order chi connectivity index (χ0) is 18.8. The summed E-state index contributed by atoms with van der Waals surface area (Å²) in [5.41, 5.74) is 3.11. The van der Waals surface area contributed by atoms with E-state index in [0.717, 1.165) is 11.1 Å². The predicted molar refractivity (Wildman–Crippen MR) is 101 cm³/mol. The number of hydrogen-bond donors (Lipinski definition) is 2. The van der Waals surface area contributed by atoms with Gasteiger partial charge in [-0.1, -0.05) is 17.7 Å². The number of methoxy groups -OCH3 is 1. The molecule has 26 heavy (non-hydrogen) atoms. The Morgan fingerprint density at radius 1 is 1.15 bits per heavy atom. The molecule has 0 saturated carbocycles. The second-order valence-corrected chi connectivity index (χ2v) is 6.33. The smallest absolute Gasteiger partial charge is 0.200 e. The van der Waals surface area contributed by atoms with Crippen molar-refractivity contribution in [3.8, 4) is 28.4 Å². The highest BCUT2D eigenvalue weighted by Gasteiger charge is 2.15. The average Bonchev–Trinajstić information content (AvgIpc) is 2.60. The molecule has 0 atom stereocenters. The maximum atomic E-state index is 13.0. The van der Waals surface area contributed by atoms with E-state index in [1.165, 1.54) is 25.5 Å². The number of fused-ring (bicyclic) bond motifs is 1. The molecule has 0 radical (unpaired) electrons. The molecule has 1 aromatic heterocycles. The summed E-state index contributed by atoms with van der Waals surface area (Å²) in [6.45, 7) is 3.98. The molecular weight excluding hydrogens is 332 g/mol. The van der Waals surface area contributed by atoms with Gasteiger partial charge in [-0.05, 0) is 49.6 Å². The SMILES string of the molecule is COc1cc2c(=O)c(-c3ccc(O)cc3CC=C(C)C)coc2cc1O. The summed E-state index contributed by atoms with van der Waals surface area (Å²) in [6.07, 6.45) is 4.00. The van der Waals surface area contributed by atoms with Gasteiger partial charge in [0.1, 0.15) is 17.6 Å². The van der Waals surface area contributed by atoms with Crippen molar-refractivity contribution in [3.05, 3.63) is 64.0 Å². The summed E-state index contributed by atoms with van der Waals surface area (Å²) in [5, 5.41) is 20.0. The van der Waals surface area contributed by atoms with Gasteiger partial charge in [0.15, 0.2) is 11.5 Å². The predicted octanol–water partition coefficient (Wildman–Crippen LogP) is 4.39. The highest BCUT2D eigenvalue weighted by atomic mass is 16.5. The highest BCUT2D eigenvalue weighted by Crippen LogP contribution is 2.32. The van der Waals surface area contributed by atoms with Crippen LogP contribution >= 0.6 is 0 Å². The highest BCUT2D eigenvalue weighted by molar-refractivity contribution is 5.85. The molecule has 2 aromatic carbocycles. The van der Waals surface area contributed by atoms with Crippen LogP contribution in [0.25, 0.3) is 22.1 Å². The molecule has 0 bridgehead atoms. The summed E-state index contributed by atoms with van der Waals surface area (Å²) in [6, 6.07) is 7.73. The number of allylic oxidation sites excluding steroid dienone is 2. The third-order valence-electron chi connectivity index (χ3n) is 4.18. The molecule has 3 rings (SSSR count). The number of aromatic hydroxyl groups is 2. The summed E-state index contributed by atoms with van der Waals surface area (Å²) < 4.78 is 10.7. The molecule has 0 spiro atoms. The number of ether oxygens (including phenoxy) is 1. The zero-order valence-electron chi connectivity index (χ0n) is 14.9. The van der Waals surface area contributed by atoms with Crippen molar-refractivity contribution in [2.75, 3.05) is 7.11 Å². The van der Waals surface area contributed by atoms with Crippen LogP contribution in [0, 0.1) is 0 Å². The van der Waals surface area contributed by atoms with E-state index in [-0.39, 0.29) is 28.3 Å². The van der Waals surface area contributed by atoms with Crippen LogP contribution in [0.2, 0.25) is 0 Å². The lowest BCUT2D eigenvalue weighted by Crippen LogP contribution is -2.06. The van der Waals surface area contributed by atoms with E-state index in [4.69, 9.17) is 9.15 Å². The van der Waals surface area contributed by atoms with Gasteiger partial charge in [-0.25, -0.2) is 0 Å². The van der Waals surface area contributed by atoms with Gasteiger partial charge in [-0.2, -0.15) is 0 Å². The normalized spacial score (nSPS) is 10.7. The molecule has 0 aliphatic carbocycles. The number of rotatable bonds is 4. The van der Waals surface area contributed by atoms with Crippen LogP contribution in [-0.2, 0) is 6.42 Å². The minimum Gasteiger partial charge on any atom is -0.508 e. The summed E-state index contributed by atoms with van der Waals surface area (Å²) >= 11 is 0. The van der Waals surface area contributed by atoms with Crippen molar-refractivity contribution < 1.29 is 19.4 Å². The molecule has 134 valence electrons. The van der Waals surface area contributed by atoms with E-state index in [9.17, 15) is 15.0 Å². The molecule has 0 unspecified atom stereocenters. The van der Waals surface area contributed by atoms with Crippen molar-refractivity contribution in [1.82, 2.24) is 0 Å².